The van der Waals surface area contributed by atoms with E-state index in [1.54, 1.807) is 0 Å². The van der Waals surface area contributed by atoms with Gasteiger partial charge < -0.3 is 10.2 Å². The maximum atomic E-state index is 10.7. The Morgan fingerprint density at radius 3 is 2.33 bits per heavy atom. The van der Waals surface area contributed by atoms with Gasteiger partial charge in [-0.15, -0.1) is 0 Å². The third-order valence-corrected chi connectivity index (χ3v) is 2.62. The SMILES string of the molecule is [CH2]C(=O)Nc1ccc(N2CCCC2)cc1. The van der Waals surface area contributed by atoms with Crippen LogP contribution in [0.15, 0.2) is 24.3 Å². The van der Waals surface area contributed by atoms with Gasteiger partial charge in [-0.05, 0) is 37.1 Å². The molecule has 0 saturated carbocycles. The molecule has 0 unspecified atom stereocenters. The second kappa shape index (κ2) is 4.34. The minimum absolute atomic E-state index is 0.274. The fourth-order valence-corrected chi connectivity index (χ4v) is 1.89. The third kappa shape index (κ3) is 2.49. The highest BCUT2D eigenvalue weighted by molar-refractivity contribution is 5.93. The quantitative estimate of drug-likeness (QED) is 0.798. The van der Waals surface area contributed by atoms with E-state index in [-0.39, 0.29) is 5.91 Å². The average molecular weight is 203 g/mol. The van der Waals surface area contributed by atoms with Gasteiger partial charge in [0.15, 0.2) is 0 Å². The zero-order valence-corrected chi connectivity index (χ0v) is 8.70. The van der Waals surface area contributed by atoms with Crippen LogP contribution in [-0.4, -0.2) is 19.0 Å². The van der Waals surface area contributed by atoms with E-state index in [9.17, 15) is 4.79 Å². The van der Waals surface area contributed by atoms with Crippen LogP contribution in [0.3, 0.4) is 0 Å². The van der Waals surface area contributed by atoms with Crippen molar-refractivity contribution in [3.63, 3.8) is 0 Å². The number of amides is 1. The van der Waals surface area contributed by atoms with Gasteiger partial charge in [-0.2, -0.15) is 0 Å². The van der Waals surface area contributed by atoms with Gasteiger partial charge >= 0.3 is 0 Å². The molecule has 79 valence electrons. The molecule has 0 atom stereocenters. The van der Waals surface area contributed by atoms with Gasteiger partial charge in [0.05, 0.1) is 0 Å². The first-order valence-electron chi connectivity index (χ1n) is 5.24. The fraction of sp³-hybridized carbons (Fsp3) is 0.333. The summed E-state index contributed by atoms with van der Waals surface area (Å²) in [5.41, 5.74) is 2.03. The largest absolute Gasteiger partial charge is 0.372 e. The lowest BCUT2D eigenvalue weighted by Gasteiger charge is -2.17. The van der Waals surface area contributed by atoms with Crippen LogP contribution in [0.4, 0.5) is 11.4 Å². The molecule has 3 nitrogen and oxygen atoms in total. The molecule has 1 aromatic carbocycles. The summed E-state index contributed by atoms with van der Waals surface area (Å²) >= 11 is 0. The van der Waals surface area contributed by atoms with E-state index >= 15 is 0 Å². The van der Waals surface area contributed by atoms with Gasteiger partial charge in [0, 0.05) is 31.4 Å². The van der Waals surface area contributed by atoms with Crippen molar-refractivity contribution in [2.24, 2.45) is 0 Å². The molecule has 1 aliphatic rings. The predicted octanol–water partition coefficient (Wildman–Crippen LogP) is 2.06. The van der Waals surface area contributed by atoms with E-state index < -0.39 is 0 Å². The molecule has 1 heterocycles. The summed E-state index contributed by atoms with van der Waals surface area (Å²) in [6, 6.07) is 7.90. The lowest BCUT2D eigenvalue weighted by atomic mass is 10.2. The fourth-order valence-electron chi connectivity index (χ4n) is 1.89. The minimum Gasteiger partial charge on any atom is -0.372 e. The molecule has 1 aliphatic heterocycles. The molecule has 0 aromatic heterocycles. The van der Waals surface area contributed by atoms with E-state index in [1.165, 1.54) is 18.5 Å². The second-order valence-corrected chi connectivity index (χ2v) is 3.79. The predicted molar refractivity (Wildman–Crippen MR) is 61.9 cm³/mol. The number of rotatable bonds is 2. The van der Waals surface area contributed by atoms with Crippen LogP contribution in [0.5, 0.6) is 0 Å². The van der Waals surface area contributed by atoms with Crippen molar-refractivity contribution in [1.82, 2.24) is 0 Å². The third-order valence-electron chi connectivity index (χ3n) is 2.62. The Balaban J connectivity index is 2.06. The normalized spacial score (nSPS) is 15.4. The number of nitrogens with one attached hydrogen (secondary N) is 1. The summed E-state index contributed by atoms with van der Waals surface area (Å²) < 4.78 is 0. The number of nitrogens with zero attached hydrogens (tertiary/aromatic N) is 1. The summed E-state index contributed by atoms with van der Waals surface area (Å²) in [6.07, 6.45) is 2.55. The van der Waals surface area contributed by atoms with Crippen LogP contribution >= 0.6 is 0 Å². The summed E-state index contributed by atoms with van der Waals surface area (Å²) in [5.74, 6) is -0.274. The molecule has 1 N–H and O–H groups in total. The molecule has 1 amide bonds. The summed E-state index contributed by atoms with van der Waals surface area (Å²) in [4.78, 5) is 13.1. The maximum Gasteiger partial charge on any atom is 0.224 e. The number of benzene rings is 1. The van der Waals surface area contributed by atoms with E-state index in [4.69, 9.17) is 0 Å². The molecule has 15 heavy (non-hydrogen) atoms. The Kier molecular flexibility index (Phi) is 2.90. The van der Waals surface area contributed by atoms with Gasteiger partial charge in [0.25, 0.3) is 0 Å². The number of carbonyl (C=O) groups excluding carboxylic acids is 1. The number of carbonyl (C=O) groups is 1. The molecule has 0 aliphatic carbocycles. The standard InChI is InChI=1S/C12H15N2O/c1-10(15)13-11-4-6-12(7-5-11)14-8-2-3-9-14/h4-7H,1-3,8-9H2,(H,13,15). The monoisotopic (exact) mass is 203 g/mol. The first-order chi connectivity index (χ1) is 7.25. The highest BCUT2D eigenvalue weighted by Gasteiger charge is 2.11. The van der Waals surface area contributed by atoms with Crippen LogP contribution in [0, 0.1) is 6.92 Å². The van der Waals surface area contributed by atoms with Gasteiger partial charge in [-0.1, -0.05) is 0 Å². The summed E-state index contributed by atoms with van der Waals surface area (Å²) in [7, 11) is 0. The number of hydrogen-bond donors (Lipinski definition) is 1. The first-order valence-corrected chi connectivity index (χ1v) is 5.24. The van der Waals surface area contributed by atoms with Crippen molar-refractivity contribution in [3.8, 4) is 0 Å². The van der Waals surface area contributed by atoms with Gasteiger partial charge in [0.2, 0.25) is 5.91 Å². The molecule has 1 saturated heterocycles. The first kappa shape index (κ1) is 10.0. The van der Waals surface area contributed by atoms with E-state index in [0.29, 0.717) is 0 Å². The van der Waals surface area contributed by atoms with Crippen LogP contribution in [0.2, 0.25) is 0 Å². The van der Waals surface area contributed by atoms with E-state index in [1.807, 2.05) is 24.3 Å². The second-order valence-electron chi connectivity index (χ2n) is 3.79. The van der Waals surface area contributed by atoms with Crippen molar-refractivity contribution < 1.29 is 4.79 Å². The maximum absolute atomic E-state index is 10.7. The lowest BCUT2D eigenvalue weighted by molar-refractivity contribution is -0.112. The lowest BCUT2D eigenvalue weighted by Crippen LogP contribution is -2.17. The Bertz CT molecular complexity index is 339. The number of hydrogen-bond acceptors (Lipinski definition) is 2. The molecule has 0 bridgehead atoms. The summed E-state index contributed by atoms with van der Waals surface area (Å²) in [5, 5.41) is 2.65. The molecule has 0 spiro atoms. The van der Waals surface area contributed by atoms with Gasteiger partial charge in [0.1, 0.15) is 0 Å². The summed E-state index contributed by atoms with van der Waals surface area (Å²) in [6.45, 7) is 5.55. The molecule has 2 rings (SSSR count). The molecule has 1 fully saturated rings. The van der Waals surface area contributed by atoms with Gasteiger partial charge in [-0.25, -0.2) is 0 Å². The van der Waals surface area contributed by atoms with Crippen molar-refractivity contribution >= 4 is 17.3 Å². The van der Waals surface area contributed by atoms with Crippen molar-refractivity contribution in [3.05, 3.63) is 31.2 Å². The molecule has 1 aromatic rings. The van der Waals surface area contributed by atoms with E-state index in [0.717, 1.165) is 18.8 Å². The highest BCUT2D eigenvalue weighted by Crippen LogP contribution is 2.21. The average Bonchev–Trinajstić information content (AvgIpc) is 2.71. The smallest absolute Gasteiger partial charge is 0.224 e. The molecular weight excluding hydrogens is 188 g/mol. The van der Waals surface area contributed by atoms with Gasteiger partial charge in [-0.3, -0.25) is 4.79 Å². The van der Waals surface area contributed by atoms with Crippen LogP contribution in [-0.2, 0) is 4.79 Å². The van der Waals surface area contributed by atoms with Crippen molar-refractivity contribution in [1.29, 1.82) is 0 Å². The van der Waals surface area contributed by atoms with Crippen LogP contribution in [0.1, 0.15) is 12.8 Å². The van der Waals surface area contributed by atoms with E-state index in [2.05, 4.69) is 17.1 Å². The van der Waals surface area contributed by atoms with Crippen molar-refractivity contribution in [2.75, 3.05) is 23.3 Å². The Morgan fingerprint density at radius 2 is 1.80 bits per heavy atom. The molecular formula is C12H15N2O. The topological polar surface area (TPSA) is 32.3 Å². The zero-order valence-electron chi connectivity index (χ0n) is 8.70. The Labute approximate surface area is 90.1 Å². The highest BCUT2D eigenvalue weighted by atomic mass is 16.1. The van der Waals surface area contributed by atoms with Crippen LogP contribution < -0.4 is 10.2 Å². The minimum atomic E-state index is -0.274. The Hall–Kier alpha value is -1.51. The Morgan fingerprint density at radius 1 is 1.20 bits per heavy atom. The van der Waals surface area contributed by atoms with Crippen LogP contribution in [0.25, 0.3) is 0 Å². The van der Waals surface area contributed by atoms with Crippen molar-refractivity contribution in [2.45, 2.75) is 12.8 Å². The zero-order chi connectivity index (χ0) is 10.7. The molecule has 1 radical (unpaired) electrons. The number of anilines is 2. The molecule has 3 heteroatoms.